The Morgan fingerprint density at radius 3 is 2.59 bits per heavy atom. The van der Waals surface area contributed by atoms with Crippen LogP contribution in [0.25, 0.3) is 0 Å². The summed E-state index contributed by atoms with van der Waals surface area (Å²) in [6.45, 7) is 11.9. The van der Waals surface area contributed by atoms with Crippen LogP contribution in [0.15, 0.2) is 4.99 Å². The van der Waals surface area contributed by atoms with Gasteiger partial charge in [-0.2, -0.15) is 0 Å². The monoisotopic (exact) mass is 522 g/mol. The number of nitrogens with one attached hydrogen (secondary N) is 1. The average molecular weight is 523 g/mol. The third-order valence-electron chi connectivity index (χ3n) is 6.61. The van der Waals surface area contributed by atoms with Gasteiger partial charge in [-0.1, -0.05) is 6.92 Å². The van der Waals surface area contributed by atoms with E-state index in [1.165, 1.54) is 38.8 Å². The van der Waals surface area contributed by atoms with E-state index in [4.69, 9.17) is 9.47 Å². The normalized spacial score (nSPS) is 28.7. The Hall–Kier alpha value is -0.120. The lowest BCUT2D eigenvalue weighted by atomic mass is 9.99. The zero-order valence-electron chi connectivity index (χ0n) is 18.8. The van der Waals surface area contributed by atoms with Gasteiger partial charge in [0.1, 0.15) is 0 Å². The van der Waals surface area contributed by atoms with Crippen LogP contribution in [0.5, 0.6) is 0 Å². The fourth-order valence-corrected chi connectivity index (χ4v) is 4.74. The van der Waals surface area contributed by atoms with Crippen LogP contribution >= 0.6 is 24.0 Å². The maximum atomic E-state index is 6.15. The number of piperidine rings is 2. The van der Waals surface area contributed by atoms with Gasteiger partial charge in [0.2, 0.25) is 0 Å². The lowest BCUT2D eigenvalue weighted by Crippen LogP contribution is -2.51. The number of ether oxygens (including phenoxy) is 2. The van der Waals surface area contributed by atoms with Crippen molar-refractivity contribution < 1.29 is 9.47 Å². The zero-order valence-corrected chi connectivity index (χ0v) is 21.1. The highest BCUT2D eigenvalue weighted by atomic mass is 127. The van der Waals surface area contributed by atoms with Crippen molar-refractivity contribution in [2.45, 2.75) is 77.0 Å². The van der Waals surface area contributed by atoms with Crippen LogP contribution in [0.4, 0.5) is 0 Å². The molecule has 3 fully saturated rings. The molecule has 3 aliphatic rings. The quantitative estimate of drug-likeness (QED) is 0.330. The number of guanidine groups is 1. The zero-order chi connectivity index (χ0) is 19.8. The molecule has 0 spiro atoms. The number of rotatable bonds is 6. The van der Waals surface area contributed by atoms with Crippen molar-refractivity contribution in [3.8, 4) is 0 Å². The van der Waals surface area contributed by atoms with Crippen LogP contribution in [0.1, 0.15) is 58.8 Å². The molecule has 7 heteroatoms. The van der Waals surface area contributed by atoms with Crippen molar-refractivity contribution in [3.63, 3.8) is 0 Å². The van der Waals surface area contributed by atoms with Gasteiger partial charge in [0.15, 0.2) is 5.96 Å². The van der Waals surface area contributed by atoms with E-state index in [2.05, 4.69) is 34.0 Å². The molecule has 3 unspecified atom stereocenters. The number of hydrogen-bond acceptors (Lipinski definition) is 4. The van der Waals surface area contributed by atoms with Crippen LogP contribution in [-0.4, -0.2) is 87.0 Å². The molecule has 29 heavy (non-hydrogen) atoms. The van der Waals surface area contributed by atoms with Crippen LogP contribution in [0.3, 0.4) is 0 Å². The lowest BCUT2D eigenvalue weighted by molar-refractivity contribution is -0.0721. The van der Waals surface area contributed by atoms with E-state index in [0.717, 1.165) is 64.0 Å². The number of nitrogens with zero attached hydrogens (tertiary/aromatic N) is 3. The molecule has 0 amide bonds. The van der Waals surface area contributed by atoms with Crippen LogP contribution in [-0.2, 0) is 9.47 Å². The number of likely N-dealkylation sites (tertiary alicyclic amines) is 2. The second-order valence-corrected chi connectivity index (χ2v) is 9.03. The summed E-state index contributed by atoms with van der Waals surface area (Å²) in [5, 5.41) is 3.62. The van der Waals surface area contributed by atoms with Crippen molar-refractivity contribution in [1.82, 2.24) is 15.1 Å². The largest absolute Gasteiger partial charge is 0.376 e. The molecular weight excluding hydrogens is 479 g/mol. The first-order chi connectivity index (χ1) is 13.7. The predicted octanol–water partition coefficient (Wildman–Crippen LogP) is 3.35. The summed E-state index contributed by atoms with van der Waals surface area (Å²) >= 11 is 0. The van der Waals surface area contributed by atoms with Gasteiger partial charge in [0, 0.05) is 45.9 Å². The highest BCUT2D eigenvalue weighted by molar-refractivity contribution is 14.0. The average Bonchev–Trinajstić information content (AvgIpc) is 2.74. The Bertz CT molecular complexity index is 479. The van der Waals surface area contributed by atoms with Crippen molar-refractivity contribution in [2.24, 2.45) is 10.9 Å². The van der Waals surface area contributed by atoms with Gasteiger partial charge in [0.05, 0.1) is 18.8 Å². The summed E-state index contributed by atoms with van der Waals surface area (Å²) in [5.74, 6) is 1.87. The van der Waals surface area contributed by atoms with E-state index in [9.17, 15) is 0 Å². The smallest absolute Gasteiger partial charge is 0.193 e. The minimum absolute atomic E-state index is 0. The molecule has 3 saturated heterocycles. The Labute approximate surface area is 195 Å². The Morgan fingerprint density at radius 2 is 1.93 bits per heavy atom. The molecule has 170 valence electrons. The lowest BCUT2D eigenvalue weighted by Gasteiger charge is -2.38. The fraction of sp³-hybridized carbons (Fsp3) is 0.955. The van der Waals surface area contributed by atoms with Gasteiger partial charge in [0.25, 0.3) is 0 Å². The SMILES string of the molecule is CN=C(NCC(C)N1CCCC(C)C1)N1CCC(OCC2CCCCO2)CC1.I. The predicted molar refractivity (Wildman–Crippen MR) is 130 cm³/mol. The minimum Gasteiger partial charge on any atom is -0.376 e. The van der Waals surface area contributed by atoms with E-state index in [-0.39, 0.29) is 24.0 Å². The highest BCUT2D eigenvalue weighted by Gasteiger charge is 2.25. The van der Waals surface area contributed by atoms with Gasteiger partial charge in [-0.25, -0.2) is 0 Å². The number of aliphatic imine (C=N–C) groups is 1. The molecule has 3 heterocycles. The van der Waals surface area contributed by atoms with Gasteiger partial charge in [-0.3, -0.25) is 9.89 Å². The molecule has 0 radical (unpaired) electrons. The summed E-state index contributed by atoms with van der Waals surface area (Å²) in [6, 6.07) is 0.552. The maximum absolute atomic E-state index is 6.15. The Balaban J connectivity index is 0.00000300. The van der Waals surface area contributed by atoms with E-state index < -0.39 is 0 Å². The third kappa shape index (κ3) is 8.15. The first-order valence-corrected chi connectivity index (χ1v) is 11.6. The molecule has 0 bridgehead atoms. The van der Waals surface area contributed by atoms with Crippen LogP contribution in [0, 0.1) is 5.92 Å². The standard InChI is InChI=1S/C22H42N4O2.HI/c1-18-7-6-11-26(16-18)19(2)15-24-22(23-3)25-12-9-20(10-13-25)28-17-21-8-4-5-14-27-21;/h18-21H,4-17H2,1-3H3,(H,23,24);1H. The number of hydrogen-bond donors (Lipinski definition) is 1. The second-order valence-electron chi connectivity index (χ2n) is 9.03. The maximum Gasteiger partial charge on any atom is 0.193 e. The van der Waals surface area contributed by atoms with Crippen molar-refractivity contribution >= 4 is 29.9 Å². The van der Waals surface area contributed by atoms with E-state index in [0.29, 0.717) is 18.2 Å². The van der Waals surface area contributed by atoms with Gasteiger partial charge in [-0.15, -0.1) is 24.0 Å². The van der Waals surface area contributed by atoms with Crippen LogP contribution in [0.2, 0.25) is 0 Å². The molecule has 3 atom stereocenters. The molecule has 6 nitrogen and oxygen atoms in total. The molecule has 0 aromatic heterocycles. The van der Waals surface area contributed by atoms with E-state index >= 15 is 0 Å². The Morgan fingerprint density at radius 1 is 1.14 bits per heavy atom. The van der Waals surface area contributed by atoms with Crippen molar-refractivity contribution in [2.75, 3.05) is 53.0 Å². The first kappa shape index (κ1) is 25.1. The van der Waals surface area contributed by atoms with Crippen molar-refractivity contribution in [3.05, 3.63) is 0 Å². The van der Waals surface area contributed by atoms with E-state index in [1.807, 2.05) is 7.05 Å². The molecular formula is C22H43IN4O2. The van der Waals surface area contributed by atoms with E-state index in [1.54, 1.807) is 0 Å². The second kappa shape index (κ2) is 13.3. The van der Waals surface area contributed by atoms with Gasteiger partial charge < -0.3 is 19.7 Å². The molecule has 0 aliphatic carbocycles. The highest BCUT2D eigenvalue weighted by Crippen LogP contribution is 2.19. The number of halogens is 1. The van der Waals surface area contributed by atoms with Gasteiger partial charge >= 0.3 is 0 Å². The summed E-state index contributed by atoms with van der Waals surface area (Å²) in [7, 11) is 1.90. The van der Waals surface area contributed by atoms with Gasteiger partial charge in [-0.05, 0) is 64.3 Å². The van der Waals surface area contributed by atoms with Crippen molar-refractivity contribution in [1.29, 1.82) is 0 Å². The minimum atomic E-state index is 0. The third-order valence-corrected chi connectivity index (χ3v) is 6.61. The summed E-state index contributed by atoms with van der Waals surface area (Å²) in [4.78, 5) is 9.56. The molecule has 3 rings (SSSR count). The molecule has 1 N–H and O–H groups in total. The first-order valence-electron chi connectivity index (χ1n) is 11.6. The topological polar surface area (TPSA) is 49.3 Å². The fourth-order valence-electron chi connectivity index (χ4n) is 4.74. The molecule has 0 saturated carbocycles. The van der Waals surface area contributed by atoms with Crippen LogP contribution < -0.4 is 5.32 Å². The molecule has 0 aromatic rings. The molecule has 0 aromatic carbocycles. The Kier molecular flexibility index (Phi) is 11.6. The molecule has 3 aliphatic heterocycles. The summed E-state index contributed by atoms with van der Waals surface area (Å²) in [5.41, 5.74) is 0. The summed E-state index contributed by atoms with van der Waals surface area (Å²) < 4.78 is 11.9. The summed E-state index contributed by atoms with van der Waals surface area (Å²) in [6.07, 6.45) is 9.19.